The number of carbonyl (C=O) groups is 1. The number of alkyl carbamates (subject to hydrolysis) is 1. The fraction of sp³-hybridized carbons (Fsp3) is 0.190. The molecule has 0 unspecified atom stereocenters. The summed E-state index contributed by atoms with van der Waals surface area (Å²) in [4.78, 5) is 11.8. The standard InChI is InChI=1S/C21H23NO5S/c1-21(2,3)27-20(23)22-18(14-16-10-6-4-7-11-16)19(28(24,25)26)15-17-12-8-5-9-13-17/h4-15H,1-3H3,(H,22,23)(H,24,25,26). The number of hydrogen-bond acceptors (Lipinski definition) is 4. The number of rotatable bonds is 5. The fourth-order valence-electron chi connectivity index (χ4n) is 2.29. The van der Waals surface area contributed by atoms with Crippen molar-refractivity contribution in [2.24, 2.45) is 0 Å². The summed E-state index contributed by atoms with van der Waals surface area (Å²) >= 11 is 0. The molecular weight excluding hydrogens is 378 g/mol. The van der Waals surface area contributed by atoms with Crippen molar-refractivity contribution in [1.82, 2.24) is 5.32 Å². The Morgan fingerprint density at radius 1 is 0.929 bits per heavy atom. The summed E-state index contributed by atoms with van der Waals surface area (Å²) in [6.45, 7) is 5.07. The molecule has 0 radical (unpaired) electrons. The first-order valence-corrected chi connectivity index (χ1v) is 10.00. The van der Waals surface area contributed by atoms with Crippen LogP contribution >= 0.6 is 0 Å². The quantitative estimate of drug-likeness (QED) is 0.569. The summed E-state index contributed by atoms with van der Waals surface area (Å²) in [6.07, 6.45) is 1.89. The zero-order valence-electron chi connectivity index (χ0n) is 15.9. The minimum atomic E-state index is -4.65. The molecule has 0 saturated heterocycles. The van der Waals surface area contributed by atoms with E-state index in [2.05, 4.69) is 5.32 Å². The van der Waals surface area contributed by atoms with E-state index in [-0.39, 0.29) is 5.70 Å². The van der Waals surface area contributed by atoms with Crippen LogP contribution in [0.25, 0.3) is 12.2 Å². The van der Waals surface area contributed by atoms with Gasteiger partial charge in [0.15, 0.2) is 0 Å². The molecule has 0 atom stereocenters. The molecule has 0 fully saturated rings. The topological polar surface area (TPSA) is 92.7 Å². The molecule has 0 heterocycles. The minimum absolute atomic E-state index is 0.105. The molecule has 2 rings (SSSR count). The second-order valence-electron chi connectivity index (χ2n) is 6.99. The Balaban J connectivity index is 2.55. The van der Waals surface area contributed by atoms with E-state index in [0.29, 0.717) is 11.1 Å². The molecule has 0 aromatic heterocycles. The summed E-state index contributed by atoms with van der Waals surface area (Å²) in [6, 6.07) is 17.4. The average Bonchev–Trinajstić information content (AvgIpc) is 2.58. The maximum Gasteiger partial charge on any atom is 0.412 e. The van der Waals surface area contributed by atoms with Gasteiger partial charge in [-0.25, -0.2) is 4.79 Å². The molecule has 28 heavy (non-hydrogen) atoms. The molecular formula is C21H23NO5S. The highest BCUT2D eigenvalue weighted by Gasteiger charge is 2.24. The zero-order chi connectivity index (χ0) is 20.8. The first-order chi connectivity index (χ1) is 13.0. The first kappa shape index (κ1) is 21.4. The van der Waals surface area contributed by atoms with Crippen LogP contribution in [0.1, 0.15) is 31.9 Å². The average molecular weight is 401 g/mol. The predicted molar refractivity (Wildman–Crippen MR) is 110 cm³/mol. The molecule has 2 aromatic carbocycles. The number of carbonyl (C=O) groups excluding carboxylic acids is 1. The van der Waals surface area contributed by atoms with Crippen molar-refractivity contribution in [3.8, 4) is 0 Å². The third kappa shape index (κ3) is 7.02. The Kier molecular flexibility index (Phi) is 6.77. The van der Waals surface area contributed by atoms with E-state index in [1.165, 1.54) is 12.2 Å². The Morgan fingerprint density at radius 2 is 1.39 bits per heavy atom. The van der Waals surface area contributed by atoms with E-state index < -0.39 is 26.7 Å². The maximum atomic E-state index is 12.3. The summed E-state index contributed by atoms with van der Waals surface area (Å²) in [5.74, 6) is 0. The molecule has 7 heteroatoms. The van der Waals surface area contributed by atoms with Crippen molar-refractivity contribution in [3.63, 3.8) is 0 Å². The van der Waals surface area contributed by atoms with Crippen LogP contribution < -0.4 is 5.32 Å². The molecule has 2 N–H and O–H groups in total. The van der Waals surface area contributed by atoms with Crippen LogP contribution in [-0.2, 0) is 14.9 Å². The molecule has 6 nitrogen and oxygen atoms in total. The third-order valence-corrected chi connectivity index (χ3v) is 4.28. The second kappa shape index (κ2) is 8.86. The molecule has 0 aliphatic heterocycles. The van der Waals surface area contributed by atoms with Crippen LogP contribution in [0.2, 0.25) is 0 Å². The van der Waals surface area contributed by atoms with Gasteiger partial charge in [-0.3, -0.25) is 9.87 Å². The lowest BCUT2D eigenvalue weighted by Crippen LogP contribution is -2.33. The highest BCUT2D eigenvalue weighted by molar-refractivity contribution is 7.90. The van der Waals surface area contributed by atoms with Crippen molar-refractivity contribution in [2.75, 3.05) is 0 Å². The van der Waals surface area contributed by atoms with Gasteiger partial charge in [-0.15, -0.1) is 0 Å². The summed E-state index contributed by atoms with van der Waals surface area (Å²) in [5, 5.41) is 2.44. The number of amides is 1. The second-order valence-corrected chi connectivity index (χ2v) is 8.38. The van der Waals surface area contributed by atoms with E-state index in [9.17, 15) is 17.8 Å². The van der Waals surface area contributed by atoms with Gasteiger partial charge in [-0.05, 0) is 44.1 Å². The van der Waals surface area contributed by atoms with Gasteiger partial charge in [0.2, 0.25) is 0 Å². The van der Waals surface area contributed by atoms with Crippen LogP contribution in [0.4, 0.5) is 4.79 Å². The smallest absolute Gasteiger partial charge is 0.412 e. The lowest BCUT2D eigenvalue weighted by Gasteiger charge is -2.21. The van der Waals surface area contributed by atoms with E-state index in [0.717, 1.165) is 0 Å². The van der Waals surface area contributed by atoms with Gasteiger partial charge >= 0.3 is 6.09 Å². The fourth-order valence-corrected chi connectivity index (χ4v) is 2.96. The molecule has 1 amide bonds. The van der Waals surface area contributed by atoms with Crippen molar-refractivity contribution < 1.29 is 22.5 Å². The summed E-state index contributed by atoms with van der Waals surface area (Å²) < 4.78 is 39.2. The molecule has 0 aliphatic carbocycles. The maximum absolute atomic E-state index is 12.3. The Morgan fingerprint density at radius 3 is 1.82 bits per heavy atom. The molecule has 0 saturated carbocycles. The normalized spacial score (nSPS) is 13.1. The van der Waals surface area contributed by atoms with Crippen LogP contribution in [0.3, 0.4) is 0 Å². The van der Waals surface area contributed by atoms with Gasteiger partial charge in [0.05, 0.1) is 5.70 Å². The largest absolute Gasteiger partial charge is 0.444 e. The van der Waals surface area contributed by atoms with Crippen molar-refractivity contribution >= 4 is 28.4 Å². The monoisotopic (exact) mass is 401 g/mol. The molecule has 148 valence electrons. The molecule has 2 aromatic rings. The van der Waals surface area contributed by atoms with Gasteiger partial charge in [0, 0.05) is 0 Å². The lowest BCUT2D eigenvalue weighted by atomic mass is 10.1. The predicted octanol–water partition coefficient (Wildman–Crippen LogP) is 4.48. The van der Waals surface area contributed by atoms with E-state index in [4.69, 9.17) is 4.74 Å². The van der Waals surface area contributed by atoms with Crippen molar-refractivity contribution in [3.05, 3.63) is 82.4 Å². The van der Waals surface area contributed by atoms with Crippen LogP contribution in [-0.4, -0.2) is 24.7 Å². The Labute approximate surface area is 165 Å². The van der Waals surface area contributed by atoms with Crippen molar-refractivity contribution in [1.29, 1.82) is 0 Å². The minimum Gasteiger partial charge on any atom is -0.444 e. The molecule has 0 aliphatic rings. The summed E-state index contributed by atoms with van der Waals surface area (Å²) in [5.41, 5.74) is 0.298. The summed E-state index contributed by atoms with van der Waals surface area (Å²) in [7, 11) is -4.65. The number of benzene rings is 2. The van der Waals surface area contributed by atoms with E-state index in [1.54, 1.807) is 75.4 Å². The van der Waals surface area contributed by atoms with Crippen LogP contribution in [0.5, 0.6) is 0 Å². The SMILES string of the molecule is CC(C)(C)OC(=O)NC(=Cc1ccccc1)C(=Cc1ccccc1)S(=O)(=O)O. The van der Waals surface area contributed by atoms with Gasteiger partial charge < -0.3 is 4.74 Å². The highest BCUT2D eigenvalue weighted by atomic mass is 32.2. The third-order valence-electron chi connectivity index (χ3n) is 3.39. The van der Waals surface area contributed by atoms with Crippen LogP contribution in [0, 0.1) is 0 Å². The Hall–Kier alpha value is -2.90. The van der Waals surface area contributed by atoms with Crippen molar-refractivity contribution in [2.45, 2.75) is 26.4 Å². The zero-order valence-corrected chi connectivity index (χ0v) is 16.7. The van der Waals surface area contributed by atoms with E-state index in [1.807, 2.05) is 6.07 Å². The number of hydrogen-bond donors (Lipinski definition) is 2. The number of ether oxygens (including phenoxy) is 1. The van der Waals surface area contributed by atoms with E-state index >= 15 is 0 Å². The van der Waals surface area contributed by atoms with Gasteiger partial charge in [-0.2, -0.15) is 8.42 Å². The molecule has 0 spiro atoms. The lowest BCUT2D eigenvalue weighted by molar-refractivity contribution is 0.0548. The van der Waals surface area contributed by atoms with Gasteiger partial charge in [-0.1, -0.05) is 60.7 Å². The molecule has 0 bridgehead atoms. The number of nitrogens with one attached hydrogen (secondary N) is 1. The van der Waals surface area contributed by atoms with Gasteiger partial charge in [0.25, 0.3) is 10.1 Å². The van der Waals surface area contributed by atoms with Crippen LogP contribution in [0.15, 0.2) is 71.3 Å². The Bertz CT molecular complexity index is 972. The first-order valence-electron chi connectivity index (χ1n) is 8.56. The van der Waals surface area contributed by atoms with Gasteiger partial charge in [0.1, 0.15) is 10.5 Å². The highest BCUT2D eigenvalue weighted by Crippen LogP contribution is 2.21.